The van der Waals surface area contributed by atoms with Crippen molar-refractivity contribution in [3.63, 3.8) is 0 Å². The summed E-state index contributed by atoms with van der Waals surface area (Å²) in [5.41, 5.74) is 0.963. The number of nitrogens with zero attached hydrogens (tertiary/aromatic N) is 2. The lowest BCUT2D eigenvalue weighted by Gasteiger charge is -2.34. The average molecular weight is 425 g/mol. The van der Waals surface area contributed by atoms with Crippen LogP contribution < -0.4 is 0 Å². The highest BCUT2D eigenvalue weighted by molar-refractivity contribution is 7.12. The normalized spacial score (nSPS) is 15.0. The summed E-state index contributed by atoms with van der Waals surface area (Å²) in [7, 11) is 0. The molecule has 0 radical (unpaired) electrons. The number of thiophene rings is 1. The van der Waals surface area contributed by atoms with Crippen LogP contribution in [0, 0.1) is 5.92 Å². The molecule has 3 rings (SSSR count). The molecule has 4 nitrogen and oxygen atoms in total. The molecule has 1 aliphatic rings. The number of carbonyl (C=O) groups is 2. The quantitative estimate of drug-likeness (QED) is 0.680. The van der Waals surface area contributed by atoms with Gasteiger partial charge in [0.15, 0.2) is 0 Å². The lowest BCUT2D eigenvalue weighted by atomic mass is 9.95. The fourth-order valence-corrected chi connectivity index (χ4v) is 4.36. The van der Waals surface area contributed by atoms with Gasteiger partial charge < -0.3 is 9.80 Å². The third-order valence-corrected chi connectivity index (χ3v) is 6.51. The summed E-state index contributed by atoms with van der Waals surface area (Å²) < 4.78 is 0. The van der Waals surface area contributed by atoms with Gasteiger partial charge in [0.1, 0.15) is 0 Å². The molecule has 1 aromatic heterocycles. The Hall–Kier alpha value is -1.56. The van der Waals surface area contributed by atoms with Crippen molar-refractivity contribution in [3.8, 4) is 0 Å². The van der Waals surface area contributed by atoms with E-state index >= 15 is 0 Å². The van der Waals surface area contributed by atoms with Crippen molar-refractivity contribution in [3.05, 3.63) is 56.2 Å². The minimum atomic E-state index is -0.0416. The van der Waals surface area contributed by atoms with Crippen molar-refractivity contribution in [2.45, 2.75) is 26.3 Å². The molecule has 0 saturated carbocycles. The van der Waals surface area contributed by atoms with E-state index in [9.17, 15) is 9.59 Å². The zero-order valence-corrected chi connectivity index (χ0v) is 17.5. The molecule has 144 valence electrons. The Morgan fingerprint density at radius 2 is 1.93 bits per heavy atom. The van der Waals surface area contributed by atoms with Gasteiger partial charge in [-0.1, -0.05) is 35.3 Å². The van der Waals surface area contributed by atoms with Gasteiger partial charge in [0.05, 0.1) is 14.9 Å². The Morgan fingerprint density at radius 3 is 2.52 bits per heavy atom. The molecule has 0 bridgehead atoms. The van der Waals surface area contributed by atoms with Crippen LogP contribution in [0.2, 0.25) is 10.0 Å². The number of hydrogen-bond donors (Lipinski definition) is 0. The Labute approximate surface area is 173 Å². The van der Waals surface area contributed by atoms with Crippen LogP contribution in [-0.2, 0) is 11.3 Å². The Balaban J connectivity index is 1.58. The minimum absolute atomic E-state index is 0.0416. The third-order valence-electron chi connectivity index (χ3n) is 4.91. The fourth-order valence-electron chi connectivity index (χ4n) is 3.35. The molecule has 1 aromatic carbocycles. The van der Waals surface area contributed by atoms with E-state index in [1.54, 1.807) is 6.07 Å². The van der Waals surface area contributed by atoms with E-state index in [2.05, 4.69) is 0 Å². The Morgan fingerprint density at radius 1 is 1.19 bits per heavy atom. The smallest absolute Gasteiger partial charge is 0.263 e. The highest BCUT2D eigenvalue weighted by atomic mass is 35.5. The van der Waals surface area contributed by atoms with E-state index in [0.717, 1.165) is 10.4 Å². The van der Waals surface area contributed by atoms with Crippen LogP contribution in [0.15, 0.2) is 35.7 Å². The standard InChI is InChI=1S/C20H22Cl2N2O2S/c1-2-23(13-14-5-6-16(21)17(22)12-14)19(25)15-7-9-24(10-8-15)20(26)18-4-3-11-27-18/h3-6,11-12,15H,2,7-10,13H2,1H3. The molecule has 2 amide bonds. The maximum atomic E-state index is 13.0. The van der Waals surface area contributed by atoms with E-state index < -0.39 is 0 Å². The predicted octanol–water partition coefficient (Wildman–Crippen LogP) is 4.96. The second-order valence-corrected chi connectivity index (χ2v) is 8.41. The maximum absolute atomic E-state index is 13.0. The minimum Gasteiger partial charge on any atom is -0.338 e. The van der Waals surface area contributed by atoms with Crippen molar-refractivity contribution in [2.24, 2.45) is 5.92 Å². The van der Waals surface area contributed by atoms with Gasteiger partial charge in [-0.25, -0.2) is 0 Å². The van der Waals surface area contributed by atoms with Gasteiger partial charge in [0.25, 0.3) is 5.91 Å². The van der Waals surface area contributed by atoms with Gasteiger partial charge in [-0.05, 0) is 48.9 Å². The maximum Gasteiger partial charge on any atom is 0.263 e. The fraction of sp³-hybridized carbons (Fsp3) is 0.400. The Kier molecular flexibility index (Phi) is 6.79. The first kappa shape index (κ1) is 20.2. The summed E-state index contributed by atoms with van der Waals surface area (Å²) in [6.45, 7) is 4.37. The number of hydrogen-bond acceptors (Lipinski definition) is 3. The number of rotatable bonds is 5. The first-order valence-electron chi connectivity index (χ1n) is 9.05. The third kappa shape index (κ3) is 4.84. The number of halogens is 2. The van der Waals surface area contributed by atoms with Gasteiger partial charge >= 0.3 is 0 Å². The van der Waals surface area contributed by atoms with Crippen LogP contribution in [0.5, 0.6) is 0 Å². The van der Waals surface area contributed by atoms with E-state index in [0.29, 0.717) is 49.1 Å². The molecule has 1 aliphatic heterocycles. The van der Waals surface area contributed by atoms with Crippen LogP contribution in [-0.4, -0.2) is 41.2 Å². The van der Waals surface area contributed by atoms with Crippen LogP contribution in [0.3, 0.4) is 0 Å². The summed E-state index contributed by atoms with van der Waals surface area (Å²) in [5.74, 6) is 0.172. The number of piperidine rings is 1. The van der Waals surface area contributed by atoms with Crippen LogP contribution >= 0.6 is 34.5 Å². The molecule has 2 aromatic rings. The number of carbonyl (C=O) groups excluding carboxylic acids is 2. The number of amides is 2. The van der Waals surface area contributed by atoms with Crippen molar-refractivity contribution in [1.82, 2.24) is 9.80 Å². The predicted molar refractivity (Wildman–Crippen MR) is 110 cm³/mol. The van der Waals surface area contributed by atoms with Crippen molar-refractivity contribution >= 4 is 46.4 Å². The summed E-state index contributed by atoms with van der Waals surface area (Å²) >= 11 is 13.5. The Bertz CT molecular complexity index is 802. The van der Waals surface area contributed by atoms with Gasteiger partial charge in [-0.3, -0.25) is 9.59 Å². The van der Waals surface area contributed by atoms with Gasteiger partial charge in [-0.2, -0.15) is 0 Å². The van der Waals surface area contributed by atoms with Crippen LogP contribution in [0.1, 0.15) is 35.0 Å². The molecule has 0 N–H and O–H groups in total. The topological polar surface area (TPSA) is 40.6 Å². The highest BCUT2D eigenvalue weighted by Crippen LogP contribution is 2.25. The lowest BCUT2D eigenvalue weighted by molar-refractivity contribution is -0.137. The molecule has 7 heteroatoms. The molecule has 0 atom stereocenters. The van der Waals surface area contributed by atoms with Crippen molar-refractivity contribution < 1.29 is 9.59 Å². The summed E-state index contributed by atoms with van der Waals surface area (Å²) in [6.07, 6.45) is 1.40. The van der Waals surface area contributed by atoms with E-state index in [1.165, 1.54) is 11.3 Å². The molecule has 27 heavy (non-hydrogen) atoms. The first-order chi connectivity index (χ1) is 13.0. The first-order valence-corrected chi connectivity index (χ1v) is 10.7. The second kappa shape index (κ2) is 9.09. The average Bonchev–Trinajstić information content (AvgIpc) is 3.22. The SMILES string of the molecule is CCN(Cc1ccc(Cl)c(Cl)c1)C(=O)C1CCN(C(=O)c2cccs2)CC1. The molecule has 0 unspecified atom stereocenters. The van der Waals surface area contributed by atoms with E-state index in [-0.39, 0.29) is 17.7 Å². The number of benzene rings is 1. The molecule has 1 saturated heterocycles. The van der Waals surface area contributed by atoms with Gasteiger partial charge in [-0.15, -0.1) is 11.3 Å². The molecular weight excluding hydrogens is 403 g/mol. The second-order valence-electron chi connectivity index (χ2n) is 6.64. The molecule has 0 aliphatic carbocycles. The van der Waals surface area contributed by atoms with E-state index in [1.807, 2.05) is 46.4 Å². The largest absolute Gasteiger partial charge is 0.338 e. The number of likely N-dealkylation sites (tertiary alicyclic amines) is 1. The molecule has 0 spiro atoms. The lowest BCUT2D eigenvalue weighted by Crippen LogP contribution is -2.44. The molecule has 2 heterocycles. The summed E-state index contributed by atoms with van der Waals surface area (Å²) in [4.78, 5) is 29.9. The van der Waals surface area contributed by atoms with Crippen LogP contribution in [0.4, 0.5) is 0 Å². The van der Waals surface area contributed by atoms with Gasteiger partial charge in [0, 0.05) is 32.1 Å². The molecule has 1 fully saturated rings. The highest BCUT2D eigenvalue weighted by Gasteiger charge is 2.30. The summed E-state index contributed by atoms with van der Waals surface area (Å²) in [5, 5.41) is 2.92. The zero-order valence-electron chi connectivity index (χ0n) is 15.2. The van der Waals surface area contributed by atoms with Gasteiger partial charge in [0.2, 0.25) is 5.91 Å². The van der Waals surface area contributed by atoms with Crippen molar-refractivity contribution in [2.75, 3.05) is 19.6 Å². The van der Waals surface area contributed by atoms with Crippen LogP contribution in [0.25, 0.3) is 0 Å². The zero-order chi connectivity index (χ0) is 19.4. The molecular formula is C20H22Cl2N2O2S. The van der Waals surface area contributed by atoms with E-state index in [4.69, 9.17) is 23.2 Å². The monoisotopic (exact) mass is 424 g/mol. The summed E-state index contributed by atoms with van der Waals surface area (Å²) in [6, 6.07) is 9.19. The van der Waals surface area contributed by atoms with Crippen molar-refractivity contribution in [1.29, 1.82) is 0 Å².